The van der Waals surface area contributed by atoms with E-state index in [0.717, 1.165) is 13.0 Å². The molecule has 0 bridgehead atoms. The lowest BCUT2D eigenvalue weighted by atomic mass is 9.79. The molecule has 0 spiro atoms. The molecule has 0 aliphatic carbocycles. The Bertz CT molecular complexity index is 365. The van der Waals surface area contributed by atoms with Crippen LogP contribution in [-0.2, 0) is 4.79 Å². The number of amides is 1. The minimum Gasteiger partial charge on any atom is -0.352 e. The summed E-state index contributed by atoms with van der Waals surface area (Å²) in [6.07, 6.45) is 3.51. The van der Waals surface area contributed by atoms with E-state index in [0.29, 0.717) is 23.4 Å². The van der Waals surface area contributed by atoms with Gasteiger partial charge in [-0.3, -0.25) is 9.69 Å². The Morgan fingerprint density at radius 3 is 2.23 bits per heavy atom. The predicted octanol–water partition coefficient (Wildman–Crippen LogP) is 4.07. The van der Waals surface area contributed by atoms with E-state index in [1.807, 2.05) is 20.8 Å². The highest BCUT2D eigenvalue weighted by molar-refractivity contribution is 5.81. The van der Waals surface area contributed by atoms with Gasteiger partial charge in [0.05, 0.1) is 0 Å². The lowest BCUT2D eigenvalue weighted by molar-refractivity contribution is -0.129. The second-order valence-corrected chi connectivity index (χ2v) is 9.50. The molecule has 0 aromatic heterocycles. The Labute approximate surface area is 138 Å². The summed E-state index contributed by atoms with van der Waals surface area (Å²) in [4.78, 5) is 14.9. The van der Waals surface area contributed by atoms with Crippen molar-refractivity contribution < 1.29 is 4.79 Å². The summed E-state index contributed by atoms with van der Waals surface area (Å²) < 4.78 is 0. The van der Waals surface area contributed by atoms with Gasteiger partial charge in [-0.15, -0.1) is 0 Å². The molecule has 1 heterocycles. The number of piperidine rings is 1. The molecule has 1 aliphatic rings. The van der Waals surface area contributed by atoms with Gasteiger partial charge in [0.1, 0.15) is 0 Å². The lowest BCUT2D eigenvalue weighted by Gasteiger charge is -2.43. The van der Waals surface area contributed by atoms with Crippen LogP contribution in [0.3, 0.4) is 0 Å². The second kappa shape index (κ2) is 7.33. The first-order chi connectivity index (χ1) is 9.92. The number of carbonyl (C=O) groups excluding carboxylic acids is 1. The normalized spacial score (nSPS) is 25.8. The summed E-state index contributed by atoms with van der Waals surface area (Å²) >= 11 is 0. The van der Waals surface area contributed by atoms with Crippen LogP contribution in [0.15, 0.2) is 0 Å². The van der Waals surface area contributed by atoms with Crippen molar-refractivity contribution in [2.75, 3.05) is 13.1 Å². The van der Waals surface area contributed by atoms with Gasteiger partial charge in [0.15, 0.2) is 0 Å². The van der Waals surface area contributed by atoms with E-state index >= 15 is 0 Å². The van der Waals surface area contributed by atoms with Crippen LogP contribution < -0.4 is 5.32 Å². The predicted molar refractivity (Wildman–Crippen MR) is 94.9 cm³/mol. The van der Waals surface area contributed by atoms with Crippen molar-refractivity contribution in [2.24, 2.45) is 16.7 Å². The van der Waals surface area contributed by atoms with Crippen LogP contribution in [-0.4, -0.2) is 36.0 Å². The number of nitrogens with zero attached hydrogens (tertiary/aromatic N) is 1. The molecule has 1 amide bonds. The van der Waals surface area contributed by atoms with Crippen LogP contribution in [0.2, 0.25) is 0 Å². The Kier molecular flexibility index (Phi) is 6.49. The average Bonchev–Trinajstić information content (AvgIpc) is 2.34. The maximum absolute atomic E-state index is 12.3. The first-order valence-corrected chi connectivity index (χ1v) is 8.97. The minimum atomic E-state index is -0.307. The first kappa shape index (κ1) is 19.5. The summed E-state index contributed by atoms with van der Waals surface area (Å²) in [5, 5.41) is 3.30. The van der Waals surface area contributed by atoms with E-state index in [1.54, 1.807) is 0 Å². The van der Waals surface area contributed by atoms with Gasteiger partial charge >= 0.3 is 0 Å². The summed E-state index contributed by atoms with van der Waals surface area (Å²) in [6.45, 7) is 19.7. The van der Waals surface area contributed by atoms with Crippen molar-refractivity contribution in [3.05, 3.63) is 0 Å². The quantitative estimate of drug-likeness (QED) is 0.849. The van der Waals surface area contributed by atoms with Gasteiger partial charge < -0.3 is 5.32 Å². The number of hydrogen-bond acceptors (Lipinski definition) is 2. The summed E-state index contributed by atoms with van der Waals surface area (Å²) in [6, 6.07) is 0.888. The molecule has 3 nitrogen and oxygen atoms in total. The highest BCUT2D eigenvalue weighted by Crippen LogP contribution is 2.31. The van der Waals surface area contributed by atoms with Crippen molar-refractivity contribution in [2.45, 2.75) is 86.7 Å². The molecule has 0 saturated carbocycles. The van der Waals surface area contributed by atoms with Crippen LogP contribution in [0.5, 0.6) is 0 Å². The molecule has 3 atom stereocenters. The van der Waals surface area contributed by atoms with Gasteiger partial charge in [0.25, 0.3) is 0 Å². The monoisotopic (exact) mass is 310 g/mol. The zero-order chi connectivity index (χ0) is 17.1. The third-order valence-corrected chi connectivity index (χ3v) is 4.70. The third-order valence-electron chi connectivity index (χ3n) is 4.70. The van der Waals surface area contributed by atoms with Gasteiger partial charge in [-0.25, -0.2) is 0 Å². The fraction of sp³-hybridized carbons (Fsp3) is 0.947. The van der Waals surface area contributed by atoms with Crippen LogP contribution in [0.4, 0.5) is 0 Å². The number of hydrogen-bond donors (Lipinski definition) is 1. The van der Waals surface area contributed by atoms with Crippen molar-refractivity contribution in [1.29, 1.82) is 0 Å². The molecule has 3 heteroatoms. The molecule has 3 unspecified atom stereocenters. The molecule has 130 valence electrons. The molecule has 0 radical (unpaired) electrons. The fourth-order valence-electron chi connectivity index (χ4n) is 3.38. The van der Waals surface area contributed by atoms with Crippen molar-refractivity contribution >= 4 is 5.91 Å². The van der Waals surface area contributed by atoms with Gasteiger partial charge in [0, 0.05) is 30.6 Å². The third kappa shape index (κ3) is 6.28. The van der Waals surface area contributed by atoms with E-state index < -0.39 is 0 Å². The smallest absolute Gasteiger partial charge is 0.225 e. The fourth-order valence-corrected chi connectivity index (χ4v) is 3.38. The Balaban J connectivity index is 2.77. The number of carbonyl (C=O) groups is 1. The van der Waals surface area contributed by atoms with E-state index in [4.69, 9.17) is 0 Å². The molecule has 1 fully saturated rings. The summed E-state index contributed by atoms with van der Waals surface area (Å²) in [7, 11) is 0. The standard InChI is InChI=1S/C19H38N2O/c1-9-14(2)21-12-15(11-18(3,4)5)10-16(13-21)20-17(22)19(6,7)8/h14-16H,9-13H2,1-8H3,(H,20,22). The molecule has 1 rings (SSSR count). The van der Waals surface area contributed by atoms with Crippen LogP contribution >= 0.6 is 0 Å². The molecular weight excluding hydrogens is 272 g/mol. The topological polar surface area (TPSA) is 32.3 Å². The van der Waals surface area contributed by atoms with Crippen LogP contribution in [0.1, 0.15) is 74.7 Å². The van der Waals surface area contributed by atoms with Gasteiger partial charge in [-0.2, -0.15) is 0 Å². The number of rotatable bonds is 4. The zero-order valence-electron chi connectivity index (χ0n) is 16.1. The highest BCUT2D eigenvalue weighted by Gasteiger charge is 2.33. The first-order valence-electron chi connectivity index (χ1n) is 8.97. The molecular formula is C19H38N2O. The van der Waals surface area contributed by atoms with Gasteiger partial charge in [-0.1, -0.05) is 48.5 Å². The second-order valence-electron chi connectivity index (χ2n) is 9.50. The Morgan fingerprint density at radius 1 is 1.18 bits per heavy atom. The molecule has 0 aromatic carbocycles. The summed E-state index contributed by atoms with van der Waals surface area (Å²) in [5.41, 5.74) is 0.0416. The van der Waals surface area contributed by atoms with Crippen molar-refractivity contribution in [3.63, 3.8) is 0 Å². The van der Waals surface area contributed by atoms with E-state index in [1.165, 1.54) is 19.4 Å². The van der Waals surface area contributed by atoms with Gasteiger partial charge in [0.2, 0.25) is 5.91 Å². The van der Waals surface area contributed by atoms with Gasteiger partial charge in [-0.05, 0) is 37.5 Å². The maximum atomic E-state index is 12.3. The largest absolute Gasteiger partial charge is 0.352 e. The minimum absolute atomic E-state index is 0.179. The van der Waals surface area contributed by atoms with E-state index in [2.05, 4.69) is 44.8 Å². The SMILES string of the molecule is CCC(C)N1CC(CC(C)(C)C)CC(NC(=O)C(C)(C)C)C1. The van der Waals surface area contributed by atoms with Crippen molar-refractivity contribution in [1.82, 2.24) is 10.2 Å². The van der Waals surface area contributed by atoms with E-state index in [-0.39, 0.29) is 11.3 Å². The Morgan fingerprint density at radius 2 is 1.77 bits per heavy atom. The van der Waals surface area contributed by atoms with E-state index in [9.17, 15) is 4.79 Å². The number of likely N-dealkylation sites (tertiary alicyclic amines) is 1. The molecule has 0 aromatic rings. The molecule has 1 N–H and O–H groups in total. The lowest BCUT2D eigenvalue weighted by Crippen LogP contribution is -2.55. The maximum Gasteiger partial charge on any atom is 0.225 e. The summed E-state index contributed by atoms with van der Waals surface area (Å²) in [5.74, 6) is 0.853. The number of nitrogens with one attached hydrogen (secondary N) is 1. The van der Waals surface area contributed by atoms with Crippen LogP contribution in [0, 0.1) is 16.7 Å². The molecule has 1 saturated heterocycles. The zero-order valence-corrected chi connectivity index (χ0v) is 16.1. The molecule has 1 aliphatic heterocycles. The van der Waals surface area contributed by atoms with Crippen LogP contribution in [0.25, 0.3) is 0 Å². The Hall–Kier alpha value is -0.570. The highest BCUT2D eigenvalue weighted by atomic mass is 16.2. The molecule has 22 heavy (non-hydrogen) atoms. The van der Waals surface area contributed by atoms with Crippen molar-refractivity contribution in [3.8, 4) is 0 Å². The average molecular weight is 311 g/mol.